The minimum atomic E-state index is -1.16. The summed E-state index contributed by atoms with van der Waals surface area (Å²) in [6.07, 6.45) is 3.65. The monoisotopic (exact) mass is 280 g/mol. The van der Waals surface area contributed by atoms with Crippen molar-refractivity contribution < 1.29 is 19.0 Å². The van der Waals surface area contributed by atoms with E-state index in [0.717, 1.165) is 16.9 Å². The summed E-state index contributed by atoms with van der Waals surface area (Å²) in [6.45, 7) is 0. The molecule has 0 N–H and O–H groups in total. The number of fused-ring (bicyclic) bond motifs is 3. The van der Waals surface area contributed by atoms with E-state index in [-0.39, 0.29) is 5.97 Å². The average molecular weight is 280 g/mol. The Hall–Kier alpha value is -2.75. The van der Waals surface area contributed by atoms with E-state index < -0.39 is 5.79 Å². The predicted octanol–water partition coefficient (Wildman–Crippen LogP) is 3.12. The molecule has 1 spiro atoms. The number of methoxy groups -OCH3 is 1. The van der Waals surface area contributed by atoms with Crippen LogP contribution in [-0.2, 0) is 10.5 Å². The number of esters is 1. The van der Waals surface area contributed by atoms with E-state index in [2.05, 4.69) is 0 Å². The van der Waals surface area contributed by atoms with Crippen molar-refractivity contribution in [3.8, 4) is 11.5 Å². The lowest BCUT2D eigenvalue weighted by atomic mass is 9.98. The topological polar surface area (TPSA) is 44.8 Å². The first-order valence-electron chi connectivity index (χ1n) is 6.61. The fraction of sp³-hybridized carbons (Fsp3) is 0.118. The summed E-state index contributed by atoms with van der Waals surface area (Å²) >= 11 is 0. The molecule has 2 aromatic carbocycles. The Bertz CT molecular complexity index is 778. The second kappa shape index (κ2) is 4.12. The molecule has 0 aliphatic carbocycles. The average Bonchev–Trinajstić information content (AvgIpc) is 2.80. The van der Waals surface area contributed by atoms with E-state index in [0.29, 0.717) is 11.3 Å². The zero-order valence-electron chi connectivity index (χ0n) is 11.3. The zero-order chi connectivity index (χ0) is 14.4. The number of ether oxygens (including phenoxy) is 3. The maximum atomic E-state index is 12.0. The highest BCUT2D eigenvalue weighted by Gasteiger charge is 2.47. The van der Waals surface area contributed by atoms with E-state index in [4.69, 9.17) is 14.2 Å². The van der Waals surface area contributed by atoms with Crippen molar-refractivity contribution in [2.24, 2.45) is 0 Å². The van der Waals surface area contributed by atoms with Crippen LogP contribution in [0.25, 0.3) is 6.08 Å². The van der Waals surface area contributed by atoms with Gasteiger partial charge in [-0.25, -0.2) is 4.79 Å². The van der Waals surface area contributed by atoms with Crippen molar-refractivity contribution in [1.82, 2.24) is 0 Å². The van der Waals surface area contributed by atoms with Crippen LogP contribution in [0, 0.1) is 0 Å². The fourth-order valence-corrected chi connectivity index (χ4v) is 2.69. The van der Waals surface area contributed by atoms with Crippen molar-refractivity contribution in [2.75, 3.05) is 7.11 Å². The van der Waals surface area contributed by atoms with Gasteiger partial charge < -0.3 is 14.2 Å². The quantitative estimate of drug-likeness (QED) is 0.753. The lowest BCUT2D eigenvalue weighted by Gasteiger charge is -2.30. The number of hydrogen-bond donors (Lipinski definition) is 0. The molecule has 2 heterocycles. The van der Waals surface area contributed by atoms with Crippen LogP contribution >= 0.6 is 0 Å². The van der Waals surface area contributed by atoms with Gasteiger partial charge in [0.05, 0.1) is 18.2 Å². The lowest BCUT2D eigenvalue weighted by molar-refractivity contribution is -0.103. The summed E-state index contributed by atoms with van der Waals surface area (Å²) in [4.78, 5) is 12.0. The molecule has 4 nitrogen and oxygen atoms in total. The molecule has 0 bridgehead atoms. The van der Waals surface area contributed by atoms with Gasteiger partial charge in [0.25, 0.3) is 0 Å². The van der Waals surface area contributed by atoms with Gasteiger partial charge in [0.1, 0.15) is 11.5 Å². The Morgan fingerprint density at radius 2 is 1.95 bits per heavy atom. The fourth-order valence-electron chi connectivity index (χ4n) is 2.69. The minimum Gasteiger partial charge on any atom is -0.497 e. The van der Waals surface area contributed by atoms with Crippen LogP contribution in [0.3, 0.4) is 0 Å². The van der Waals surface area contributed by atoms with Gasteiger partial charge in [0.2, 0.25) is 0 Å². The second-order valence-electron chi connectivity index (χ2n) is 4.94. The smallest absolute Gasteiger partial charge is 0.342 e. The van der Waals surface area contributed by atoms with Crippen molar-refractivity contribution >= 4 is 12.0 Å². The van der Waals surface area contributed by atoms with Crippen LogP contribution in [0.1, 0.15) is 21.5 Å². The molecule has 0 fully saturated rings. The molecule has 2 aliphatic rings. The Labute approximate surface area is 121 Å². The van der Waals surface area contributed by atoms with Gasteiger partial charge in [-0.1, -0.05) is 12.1 Å². The van der Waals surface area contributed by atoms with Crippen molar-refractivity contribution in [2.45, 2.75) is 5.79 Å². The summed E-state index contributed by atoms with van der Waals surface area (Å²) in [5.74, 6) is -0.119. The highest BCUT2D eigenvalue weighted by molar-refractivity contribution is 5.95. The van der Waals surface area contributed by atoms with Gasteiger partial charge in [-0.2, -0.15) is 0 Å². The third-order valence-electron chi connectivity index (χ3n) is 3.73. The Morgan fingerprint density at radius 3 is 2.81 bits per heavy atom. The maximum Gasteiger partial charge on any atom is 0.342 e. The molecule has 1 unspecified atom stereocenters. The van der Waals surface area contributed by atoms with Crippen LogP contribution < -0.4 is 9.47 Å². The highest BCUT2D eigenvalue weighted by Crippen LogP contribution is 2.44. The minimum absolute atomic E-state index is 0.368. The molecular formula is C17H12O4. The zero-order valence-corrected chi connectivity index (χ0v) is 11.3. The first-order chi connectivity index (χ1) is 10.2. The third-order valence-corrected chi connectivity index (χ3v) is 3.73. The summed E-state index contributed by atoms with van der Waals surface area (Å²) in [6, 6.07) is 12.8. The molecule has 4 rings (SSSR count). The first kappa shape index (κ1) is 12.0. The second-order valence-corrected chi connectivity index (χ2v) is 4.94. The highest BCUT2D eigenvalue weighted by atomic mass is 16.7. The van der Waals surface area contributed by atoms with E-state index in [1.165, 1.54) is 0 Å². The number of rotatable bonds is 1. The van der Waals surface area contributed by atoms with Gasteiger partial charge in [0, 0.05) is 11.6 Å². The van der Waals surface area contributed by atoms with Crippen LogP contribution in [0.15, 0.2) is 48.5 Å². The standard InChI is InChI=1S/C17H12O4/c1-19-12-6-7-15-11(10-12)8-9-17(20-15)14-5-3-2-4-13(14)16(18)21-17/h2-10H,1H3. The Morgan fingerprint density at radius 1 is 1.10 bits per heavy atom. The van der Waals surface area contributed by atoms with E-state index >= 15 is 0 Å². The van der Waals surface area contributed by atoms with Gasteiger partial charge in [-0.15, -0.1) is 0 Å². The molecule has 2 aromatic rings. The molecule has 0 amide bonds. The SMILES string of the molecule is COc1ccc2c(c1)C=CC1(OC(=O)c3ccccc31)O2. The van der Waals surface area contributed by atoms with E-state index in [1.54, 1.807) is 19.3 Å². The summed E-state index contributed by atoms with van der Waals surface area (Å²) in [7, 11) is 1.62. The number of carbonyl (C=O) groups is 1. The molecule has 0 radical (unpaired) electrons. The lowest BCUT2D eigenvalue weighted by Crippen LogP contribution is -2.32. The van der Waals surface area contributed by atoms with Crippen LogP contribution in [0.5, 0.6) is 11.5 Å². The number of benzene rings is 2. The van der Waals surface area contributed by atoms with Crippen LogP contribution in [0.4, 0.5) is 0 Å². The molecule has 104 valence electrons. The summed E-state index contributed by atoms with van der Waals surface area (Å²) < 4.78 is 16.7. The number of carbonyl (C=O) groups excluding carboxylic acids is 1. The van der Waals surface area contributed by atoms with Crippen LogP contribution in [-0.4, -0.2) is 13.1 Å². The molecule has 21 heavy (non-hydrogen) atoms. The van der Waals surface area contributed by atoms with E-state index in [1.807, 2.05) is 42.5 Å². The van der Waals surface area contributed by atoms with Gasteiger partial charge in [-0.05, 0) is 36.4 Å². The first-order valence-corrected chi connectivity index (χ1v) is 6.61. The molecular weight excluding hydrogens is 268 g/mol. The summed E-state index contributed by atoms with van der Waals surface area (Å²) in [5, 5.41) is 0. The van der Waals surface area contributed by atoms with Gasteiger partial charge >= 0.3 is 11.8 Å². The molecule has 2 aliphatic heterocycles. The van der Waals surface area contributed by atoms with Gasteiger partial charge in [-0.3, -0.25) is 0 Å². The molecule has 0 saturated carbocycles. The third kappa shape index (κ3) is 1.65. The Balaban J connectivity index is 1.82. The molecule has 0 saturated heterocycles. The van der Waals surface area contributed by atoms with Crippen molar-refractivity contribution in [3.05, 3.63) is 65.2 Å². The van der Waals surface area contributed by atoms with E-state index in [9.17, 15) is 4.79 Å². The van der Waals surface area contributed by atoms with Gasteiger partial charge in [0.15, 0.2) is 0 Å². The van der Waals surface area contributed by atoms with Crippen molar-refractivity contribution in [3.63, 3.8) is 0 Å². The Kier molecular flexibility index (Phi) is 2.36. The van der Waals surface area contributed by atoms with Crippen molar-refractivity contribution in [1.29, 1.82) is 0 Å². The predicted molar refractivity (Wildman–Crippen MR) is 76.2 cm³/mol. The normalized spacial score (nSPS) is 21.5. The summed E-state index contributed by atoms with van der Waals surface area (Å²) in [5.41, 5.74) is 2.16. The largest absolute Gasteiger partial charge is 0.497 e. The maximum absolute atomic E-state index is 12.0. The molecule has 4 heteroatoms. The molecule has 0 aromatic heterocycles. The van der Waals surface area contributed by atoms with Crippen LogP contribution in [0.2, 0.25) is 0 Å². The molecule has 1 atom stereocenters. The number of hydrogen-bond acceptors (Lipinski definition) is 4.